The summed E-state index contributed by atoms with van der Waals surface area (Å²) in [7, 11) is 0. The van der Waals surface area contributed by atoms with E-state index in [1.807, 2.05) is 30.5 Å². The van der Waals surface area contributed by atoms with Gasteiger partial charge in [-0.3, -0.25) is 9.59 Å². The van der Waals surface area contributed by atoms with Crippen LogP contribution in [0.5, 0.6) is 0 Å². The van der Waals surface area contributed by atoms with Crippen LogP contribution in [0.2, 0.25) is 0 Å². The van der Waals surface area contributed by atoms with Crippen molar-refractivity contribution in [2.75, 3.05) is 19.6 Å². The molecule has 0 saturated carbocycles. The Morgan fingerprint density at radius 3 is 2.86 bits per heavy atom. The highest BCUT2D eigenvalue weighted by Gasteiger charge is 2.10. The number of carbonyl (C=O) groups excluding carboxylic acids is 2. The summed E-state index contributed by atoms with van der Waals surface area (Å²) in [6, 6.07) is 7.89. The lowest BCUT2D eigenvalue weighted by atomic mass is 10.1. The van der Waals surface area contributed by atoms with Crippen LogP contribution in [0.15, 0.2) is 43.1 Å². The van der Waals surface area contributed by atoms with Gasteiger partial charge >= 0.3 is 0 Å². The van der Waals surface area contributed by atoms with Gasteiger partial charge in [-0.1, -0.05) is 24.3 Å². The number of nitrogens with zero attached hydrogens (tertiary/aromatic N) is 1. The molecule has 2 amide bonds. The molecule has 0 aliphatic carbocycles. The highest BCUT2D eigenvalue weighted by molar-refractivity contribution is 5.88. The van der Waals surface area contributed by atoms with Crippen LogP contribution in [0, 0.1) is 0 Å². The summed E-state index contributed by atoms with van der Waals surface area (Å²) in [5.74, 6) is -0.0716. The smallest absolute Gasteiger partial charge is 0.224 e. The molecule has 1 heterocycles. The molecule has 2 aromatic rings. The Kier molecular flexibility index (Phi) is 5.36. The largest absolute Gasteiger partial charge is 0.361 e. The van der Waals surface area contributed by atoms with Crippen LogP contribution in [-0.2, 0) is 16.0 Å². The predicted molar refractivity (Wildman–Crippen MR) is 87.5 cm³/mol. The second kappa shape index (κ2) is 7.45. The van der Waals surface area contributed by atoms with Crippen LogP contribution in [0.1, 0.15) is 12.5 Å². The van der Waals surface area contributed by atoms with Gasteiger partial charge in [0.15, 0.2) is 0 Å². The van der Waals surface area contributed by atoms with Crippen molar-refractivity contribution < 1.29 is 9.59 Å². The zero-order chi connectivity index (χ0) is 15.9. The first-order valence-electron chi connectivity index (χ1n) is 7.30. The molecule has 0 fully saturated rings. The molecular formula is C17H21N3O2. The van der Waals surface area contributed by atoms with E-state index in [1.54, 1.807) is 11.0 Å². The third kappa shape index (κ3) is 3.97. The number of rotatable bonds is 7. The Balaban J connectivity index is 1.85. The fourth-order valence-electron chi connectivity index (χ4n) is 2.38. The Hall–Kier alpha value is -2.56. The van der Waals surface area contributed by atoms with E-state index in [0.717, 1.165) is 16.5 Å². The van der Waals surface area contributed by atoms with Gasteiger partial charge in [-0.05, 0) is 11.6 Å². The fraction of sp³-hybridized carbons (Fsp3) is 0.294. The van der Waals surface area contributed by atoms with E-state index in [9.17, 15) is 9.59 Å². The first-order valence-corrected chi connectivity index (χ1v) is 7.30. The van der Waals surface area contributed by atoms with Crippen LogP contribution >= 0.6 is 0 Å². The summed E-state index contributed by atoms with van der Waals surface area (Å²) < 4.78 is 0. The van der Waals surface area contributed by atoms with Crippen molar-refractivity contribution in [3.05, 3.63) is 48.7 Å². The molecule has 0 aliphatic rings. The Morgan fingerprint density at radius 2 is 2.14 bits per heavy atom. The first-order chi connectivity index (χ1) is 10.6. The van der Waals surface area contributed by atoms with Gasteiger partial charge in [-0.2, -0.15) is 0 Å². The molecule has 0 spiro atoms. The Morgan fingerprint density at radius 1 is 1.36 bits per heavy atom. The van der Waals surface area contributed by atoms with Crippen LogP contribution in [0.3, 0.4) is 0 Å². The van der Waals surface area contributed by atoms with Gasteiger partial charge in [-0.25, -0.2) is 0 Å². The molecule has 1 aromatic carbocycles. The Labute approximate surface area is 130 Å². The van der Waals surface area contributed by atoms with Crippen molar-refractivity contribution in [1.82, 2.24) is 15.2 Å². The van der Waals surface area contributed by atoms with E-state index in [1.165, 1.54) is 6.92 Å². The molecule has 0 aliphatic heterocycles. The van der Waals surface area contributed by atoms with Crippen LogP contribution in [0.25, 0.3) is 10.9 Å². The van der Waals surface area contributed by atoms with E-state index < -0.39 is 0 Å². The maximum absolute atomic E-state index is 12.0. The van der Waals surface area contributed by atoms with Gasteiger partial charge in [0.25, 0.3) is 0 Å². The molecule has 2 rings (SSSR count). The number of para-hydroxylation sites is 1. The number of aromatic amines is 1. The minimum atomic E-state index is -0.0492. The highest BCUT2D eigenvalue weighted by Crippen LogP contribution is 2.17. The maximum atomic E-state index is 12.0. The van der Waals surface area contributed by atoms with Crippen molar-refractivity contribution in [1.29, 1.82) is 0 Å². The molecule has 1 aromatic heterocycles. The first kappa shape index (κ1) is 15.8. The monoisotopic (exact) mass is 299 g/mol. The molecule has 0 radical (unpaired) electrons. The molecule has 0 unspecified atom stereocenters. The molecule has 0 bridgehead atoms. The van der Waals surface area contributed by atoms with Crippen molar-refractivity contribution >= 4 is 22.7 Å². The quantitative estimate of drug-likeness (QED) is 0.766. The van der Waals surface area contributed by atoms with E-state index in [4.69, 9.17) is 0 Å². The lowest BCUT2D eigenvalue weighted by Crippen LogP contribution is -2.38. The summed E-state index contributed by atoms with van der Waals surface area (Å²) in [4.78, 5) is 28.2. The molecular weight excluding hydrogens is 278 g/mol. The van der Waals surface area contributed by atoms with E-state index in [0.29, 0.717) is 26.1 Å². The van der Waals surface area contributed by atoms with Gasteiger partial charge in [0.05, 0.1) is 6.42 Å². The van der Waals surface area contributed by atoms with Crippen molar-refractivity contribution in [3.8, 4) is 0 Å². The van der Waals surface area contributed by atoms with Crippen LogP contribution < -0.4 is 5.32 Å². The standard InChI is InChI=1S/C17H21N3O2/c1-3-9-20(13(2)21)10-8-18-17(22)11-14-12-19-16-7-5-4-6-15(14)16/h3-7,12,19H,1,8-11H2,2H3,(H,18,22). The number of amides is 2. The maximum Gasteiger partial charge on any atom is 0.224 e. The molecule has 5 nitrogen and oxygen atoms in total. The summed E-state index contributed by atoms with van der Waals surface area (Å²) in [5.41, 5.74) is 2.00. The lowest BCUT2D eigenvalue weighted by molar-refractivity contribution is -0.129. The molecule has 5 heteroatoms. The highest BCUT2D eigenvalue weighted by atomic mass is 16.2. The number of aromatic nitrogens is 1. The second-order valence-electron chi connectivity index (χ2n) is 5.14. The summed E-state index contributed by atoms with van der Waals surface area (Å²) in [6.07, 6.45) is 3.87. The minimum Gasteiger partial charge on any atom is -0.361 e. The second-order valence-corrected chi connectivity index (χ2v) is 5.14. The molecule has 0 atom stereocenters. The normalized spacial score (nSPS) is 10.4. The summed E-state index contributed by atoms with van der Waals surface area (Å²) in [6.45, 7) is 6.55. The minimum absolute atomic E-state index is 0.0224. The van der Waals surface area contributed by atoms with Crippen molar-refractivity contribution in [3.63, 3.8) is 0 Å². The average molecular weight is 299 g/mol. The van der Waals surface area contributed by atoms with Crippen molar-refractivity contribution in [2.24, 2.45) is 0 Å². The Bertz CT molecular complexity index is 675. The molecule has 116 valence electrons. The van der Waals surface area contributed by atoms with E-state index in [-0.39, 0.29) is 11.8 Å². The number of H-pyrrole nitrogens is 1. The molecule has 0 saturated heterocycles. The number of benzene rings is 1. The molecule has 2 N–H and O–H groups in total. The number of fused-ring (bicyclic) bond motifs is 1. The average Bonchev–Trinajstić information content (AvgIpc) is 2.89. The van der Waals surface area contributed by atoms with Crippen LogP contribution in [-0.4, -0.2) is 41.3 Å². The number of hydrogen-bond donors (Lipinski definition) is 2. The third-order valence-electron chi connectivity index (χ3n) is 3.52. The fourth-order valence-corrected chi connectivity index (χ4v) is 2.38. The van der Waals surface area contributed by atoms with Crippen LogP contribution in [0.4, 0.5) is 0 Å². The van der Waals surface area contributed by atoms with Gasteiger partial charge in [0.2, 0.25) is 11.8 Å². The van der Waals surface area contributed by atoms with Gasteiger partial charge in [0.1, 0.15) is 0 Å². The zero-order valence-corrected chi connectivity index (χ0v) is 12.8. The summed E-state index contributed by atoms with van der Waals surface area (Å²) in [5, 5.41) is 3.91. The molecule has 22 heavy (non-hydrogen) atoms. The summed E-state index contributed by atoms with van der Waals surface area (Å²) >= 11 is 0. The lowest BCUT2D eigenvalue weighted by Gasteiger charge is -2.19. The van der Waals surface area contributed by atoms with E-state index >= 15 is 0 Å². The number of carbonyl (C=O) groups is 2. The number of hydrogen-bond acceptors (Lipinski definition) is 2. The van der Waals surface area contributed by atoms with E-state index in [2.05, 4.69) is 16.9 Å². The van der Waals surface area contributed by atoms with Crippen molar-refractivity contribution in [2.45, 2.75) is 13.3 Å². The predicted octanol–water partition coefficient (Wildman–Crippen LogP) is 1.86. The zero-order valence-electron chi connectivity index (χ0n) is 12.8. The SMILES string of the molecule is C=CCN(CCNC(=O)Cc1c[nH]c2ccccc12)C(C)=O. The third-order valence-corrected chi connectivity index (χ3v) is 3.52. The van der Waals surface area contributed by atoms with Gasteiger partial charge in [-0.15, -0.1) is 6.58 Å². The van der Waals surface area contributed by atoms with Gasteiger partial charge in [0, 0.05) is 43.7 Å². The topological polar surface area (TPSA) is 65.2 Å². The van der Waals surface area contributed by atoms with Gasteiger partial charge < -0.3 is 15.2 Å². The number of nitrogens with one attached hydrogen (secondary N) is 2.